The van der Waals surface area contributed by atoms with Crippen LogP contribution in [0.15, 0.2) is 36.5 Å². The van der Waals surface area contributed by atoms with Crippen molar-refractivity contribution in [2.75, 3.05) is 11.9 Å². The fraction of sp³-hybridized carbons (Fsp3) is 0.286. The molecule has 2 aromatic rings. The number of aromatic nitrogens is 2. The SMILES string of the molecule is Cn1ccc(NC(=O)C2NCCc3ccccc32)n1. The number of benzene rings is 1. The summed E-state index contributed by atoms with van der Waals surface area (Å²) in [5, 5.41) is 10.3. The Kier molecular flexibility index (Phi) is 3.05. The van der Waals surface area contributed by atoms with Crippen LogP contribution in [0.1, 0.15) is 17.2 Å². The first-order valence-corrected chi connectivity index (χ1v) is 6.36. The largest absolute Gasteiger partial charge is 0.308 e. The van der Waals surface area contributed by atoms with Crippen molar-refractivity contribution in [3.63, 3.8) is 0 Å². The quantitative estimate of drug-likeness (QED) is 0.850. The van der Waals surface area contributed by atoms with Crippen LogP contribution in [0.2, 0.25) is 0 Å². The molecule has 2 N–H and O–H groups in total. The van der Waals surface area contributed by atoms with Crippen molar-refractivity contribution in [2.24, 2.45) is 7.05 Å². The molecule has 5 nitrogen and oxygen atoms in total. The third-order valence-electron chi connectivity index (χ3n) is 3.34. The summed E-state index contributed by atoms with van der Waals surface area (Å²) in [6.45, 7) is 0.817. The Morgan fingerprint density at radius 3 is 3.05 bits per heavy atom. The van der Waals surface area contributed by atoms with Gasteiger partial charge in [0.2, 0.25) is 5.91 Å². The molecule has 0 saturated heterocycles. The fourth-order valence-corrected chi connectivity index (χ4v) is 2.42. The number of nitrogens with zero attached hydrogens (tertiary/aromatic N) is 2. The Balaban J connectivity index is 1.81. The first-order chi connectivity index (χ1) is 9.24. The summed E-state index contributed by atoms with van der Waals surface area (Å²) in [4.78, 5) is 12.3. The van der Waals surface area contributed by atoms with Gasteiger partial charge in [0, 0.05) is 25.9 Å². The van der Waals surface area contributed by atoms with Crippen molar-refractivity contribution < 1.29 is 4.79 Å². The van der Waals surface area contributed by atoms with E-state index in [4.69, 9.17) is 0 Å². The van der Waals surface area contributed by atoms with Crippen LogP contribution in [0, 0.1) is 0 Å². The van der Waals surface area contributed by atoms with E-state index >= 15 is 0 Å². The van der Waals surface area contributed by atoms with Crippen molar-refractivity contribution in [3.05, 3.63) is 47.7 Å². The second-order valence-electron chi connectivity index (χ2n) is 4.70. The second-order valence-corrected chi connectivity index (χ2v) is 4.70. The molecule has 0 fully saturated rings. The zero-order valence-corrected chi connectivity index (χ0v) is 10.8. The maximum atomic E-state index is 12.3. The predicted octanol–water partition coefficient (Wildman–Crippen LogP) is 1.25. The maximum absolute atomic E-state index is 12.3. The molecule has 1 amide bonds. The minimum atomic E-state index is -0.299. The molecule has 98 valence electrons. The monoisotopic (exact) mass is 256 g/mol. The number of rotatable bonds is 2. The molecule has 19 heavy (non-hydrogen) atoms. The Labute approximate surface area is 111 Å². The van der Waals surface area contributed by atoms with Gasteiger partial charge < -0.3 is 10.6 Å². The van der Waals surface area contributed by atoms with Gasteiger partial charge >= 0.3 is 0 Å². The summed E-state index contributed by atoms with van der Waals surface area (Å²) >= 11 is 0. The van der Waals surface area contributed by atoms with Gasteiger partial charge in [-0.15, -0.1) is 0 Å². The number of nitrogens with one attached hydrogen (secondary N) is 2. The van der Waals surface area contributed by atoms with Gasteiger partial charge in [0.15, 0.2) is 5.82 Å². The lowest BCUT2D eigenvalue weighted by atomic mass is 9.94. The van der Waals surface area contributed by atoms with E-state index in [0.717, 1.165) is 18.5 Å². The summed E-state index contributed by atoms with van der Waals surface area (Å²) in [6, 6.07) is 9.55. The number of fused-ring (bicyclic) bond motifs is 1. The fourth-order valence-electron chi connectivity index (χ4n) is 2.42. The van der Waals surface area contributed by atoms with Gasteiger partial charge in [0.25, 0.3) is 0 Å². The van der Waals surface area contributed by atoms with Gasteiger partial charge in [-0.25, -0.2) is 0 Å². The first-order valence-electron chi connectivity index (χ1n) is 6.36. The first kappa shape index (κ1) is 11.9. The van der Waals surface area contributed by atoms with Crippen molar-refractivity contribution in [1.82, 2.24) is 15.1 Å². The van der Waals surface area contributed by atoms with Crippen LogP contribution < -0.4 is 10.6 Å². The van der Waals surface area contributed by atoms with Crippen LogP contribution in [0.4, 0.5) is 5.82 Å². The highest BCUT2D eigenvalue weighted by Gasteiger charge is 2.25. The molecule has 1 aromatic heterocycles. The topological polar surface area (TPSA) is 59.0 Å². The summed E-state index contributed by atoms with van der Waals surface area (Å²) in [5.41, 5.74) is 2.30. The summed E-state index contributed by atoms with van der Waals surface area (Å²) in [6.07, 6.45) is 2.77. The molecule has 1 unspecified atom stereocenters. The molecule has 0 spiro atoms. The van der Waals surface area contributed by atoms with E-state index in [1.54, 1.807) is 16.9 Å². The molecule has 1 atom stereocenters. The Hall–Kier alpha value is -2.14. The molecule has 2 heterocycles. The molecule has 1 aromatic carbocycles. The molecule has 0 radical (unpaired) electrons. The highest BCUT2D eigenvalue weighted by atomic mass is 16.2. The van der Waals surface area contributed by atoms with Gasteiger partial charge in [0.1, 0.15) is 6.04 Å². The summed E-state index contributed by atoms with van der Waals surface area (Å²) in [7, 11) is 1.82. The van der Waals surface area contributed by atoms with Gasteiger partial charge in [0.05, 0.1) is 0 Å². The standard InChI is InChI=1S/C14H16N4O/c1-18-9-7-12(17-18)16-14(19)13-11-5-3-2-4-10(11)6-8-15-13/h2-5,7,9,13,15H,6,8H2,1H3,(H,16,17,19). The van der Waals surface area contributed by atoms with Crippen LogP contribution in [0.25, 0.3) is 0 Å². The van der Waals surface area contributed by atoms with Crippen LogP contribution >= 0.6 is 0 Å². The third kappa shape index (κ3) is 2.37. The molecule has 3 rings (SSSR count). The molecule has 0 bridgehead atoms. The zero-order chi connectivity index (χ0) is 13.2. The van der Waals surface area contributed by atoms with Gasteiger partial charge in [-0.3, -0.25) is 9.48 Å². The van der Waals surface area contributed by atoms with E-state index in [0.29, 0.717) is 5.82 Å². The van der Waals surface area contributed by atoms with E-state index < -0.39 is 0 Å². The van der Waals surface area contributed by atoms with Gasteiger partial charge in [-0.1, -0.05) is 24.3 Å². The molecule has 1 aliphatic heterocycles. The minimum Gasteiger partial charge on any atom is -0.308 e. The maximum Gasteiger partial charge on any atom is 0.247 e. The number of hydrogen-bond donors (Lipinski definition) is 2. The van der Waals surface area contributed by atoms with Crippen LogP contribution in [-0.2, 0) is 18.3 Å². The Morgan fingerprint density at radius 1 is 1.42 bits per heavy atom. The van der Waals surface area contributed by atoms with Crippen LogP contribution in [0.3, 0.4) is 0 Å². The van der Waals surface area contributed by atoms with Crippen molar-refractivity contribution in [1.29, 1.82) is 0 Å². The van der Waals surface area contributed by atoms with Gasteiger partial charge in [-0.05, 0) is 17.5 Å². The van der Waals surface area contributed by atoms with Crippen molar-refractivity contribution >= 4 is 11.7 Å². The third-order valence-corrected chi connectivity index (χ3v) is 3.34. The number of anilines is 1. The minimum absolute atomic E-state index is 0.0640. The average molecular weight is 256 g/mol. The average Bonchev–Trinajstić information content (AvgIpc) is 2.83. The van der Waals surface area contributed by atoms with Crippen LogP contribution in [-0.4, -0.2) is 22.2 Å². The lowest BCUT2D eigenvalue weighted by Gasteiger charge is -2.25. The lowest BCUT2D eigenvalue weighted by molar-refractivity contribution is -0.118. The molecule has 0 aliphatic carbocycles. The summed E-state index contributed by atoms with van der Waals surface area (Å²) < 4.78 is 1.66. The van der Waals surface area contributed by atoms with Crippen molar-refractivity contribution in [2.45, 2.75) is 12.5 Å². The molecule has 0 saturated carbocycles. The summed E-state index contributed by atoms with van der Waals surface area (Å²) in [5.74, 6) is 0.517. The molecule has 5 heteroatoms. The van der Waals surface area contributed by atoms with E-state index in [9.17, 15) is 4.79 Å². The zero-order valence-electron chi connectivity index (χ0n) is 10.8. The van der Waals surface area contributed by atoms with Gasteiger partial charge in [-0.2, -0.15) is 5.10 Å². The number of carbonyl (C=O) groups is 1. The van der Waals surface area contributed by atoms with E-state index in [2.05, 4.69) is 21.8 Å². The predicted molar refractivity (Wildman–Crippen MR) is 72.7 cm³/mol. The molecular weight excluding hydrogens is 240 g/mol. The normalized spacial score (nSPS) is 17.8. The smallest absolute Gasteiger partial charge is 0.247 e. The highest BCUT2D eigenvalue weighted by Crippen LogP contribution is 2.23. The number of carbonyl (C=O) groups excluding carboxylic acids is 1. The highest BCUT2D eigenvalue weighted by molar-refractivity contribution is 5.95. The van der Waals surface area contributed by atoms with E-state index in [1.807, 2.05) is 25.2 Å². The number of hydrogen-bond acceptors (Lipinski definition) is 3. The van der Waals surface area contributed by atoms with Crippen LogP contribution in [0.5, 0.6) is 0 Å². The number of amides is 1. The molecule has 1 aliphatic rings. The lowest BCUT2D eigenvalue weighted by Crippen LogP contribution is -2.38. The Morgan fingerprint density at radius 2 is 2.26 bits per heavy atom. The van der Waals surface area contributed by atoms with E-state index in [-0.39, 0.29) is 11.9 Å². The second kappa shape index (κ2) is 4.85. The number of aryl methyl sites for hydroxylation is 1. The Bertz CT molecular complexity index is 605. The van der Waals surface area contributed by atoms with E-state index in [1.165, 1.54) is 5.56 Å². The van der Waals surface area contributed by atoms with Crippen molar-refractivity contribution in [3.8, 4) is 0 Å². The molecular formula is C14H16N4O.